The van der Waals surface area contributed by atoms with Gasteiger partial charge in [0, 0.05) is 44.3 Å². The van der Waals surface area contributed by atoms with Gasteiger partial charge in [-0.15, -0.1) is 0 Å². The highest BCUT2D eigenvalue weighted by atomic mass is 15.3. The summed E-state index contributed by atoms with van der Waals surface area (Å²) >= 11 is 0. The predicted octanol–water partition coefficient (Wildman–Crippen LogP) is 1.61. The molecule has 0 aromatic rings. The molecular weight excluding hydrogens is 260 g/mol. The molecule has 2 rings (SSSR count). The molecule has 2 fully saturated rings. The summed E-state index contributed by atoms with van der Waals surface area (Å²) in [5, 5.41) is 0. The van der Waals surface area contributed by atoms with Gasteiger partial charge in [0.2, 0.25) is 0 Å². The number of piperazine rings is 1. The van der Waals surface area contributed by atoms with E-state index in [1.807, 2.05) is 0 Å². The van der Waals surface area contributed by atoms with E-state index in [0.29, 0.717) is 0 Å². The van der Waals surface area contributed by atoms with E-state index in [-0.39, 0.29) is 5.54 Å². The average Bonchev–Trinajstić information content (AvgIpc) is 2.55. The van der Waals surface area contributed by atoms with E-state index >= 15 is 0 Å². The minimum Gasteiger partial charge on any atom is -0.329 e. The van der Waals surface area contributed by atoms with Gasteiger partial charge in [-0.1, -0.05) is 13.8 Å². The molecule has 0 spiro atoms. The maximum atomic E-state index is 6.24. The van der Waals surface area contributed by atoms with Gasteiger partial charge in [-0.05, 0) is 52.2 Å². The number of likely N-dealkylation sites (tertiary alicyclic amines) is 1. The molecule has 2 aliphatic heterocycles. The molecule has 2 aliphatic rings. The van der Waals surface area contributed by atoms with Gasteiger partial charge in [-0.2, -0.15) is 0 Å². The van der Waals surface area contributed by atoms with Crippen LogP contribution >= 0.6 is 0 Å². The number of hydrogen-bond acceptors (Lipinski definition) is 4. The molecule has 0 aromatic carbocycles. The SMILES string of the molecule is CCCN1CCC(CN)(N2CCN(C(C)CC)CC2)CC1. The average molecular weight is 297 g/mol. The topological polar surface area (TPSA) is 35.7 Å². The highest BCUT2D eigenvalue weighted by molar-refractivity contribution is 4.98. The summed E-state index contributed by atoms with van der Waals surface area (Å²) in [7, 11) is 0. The Morgan fingerprint density at radius 3 is 2.10 bits per heavy atom. The lowest BCUT2D eigenvalue weighted by Gasteiger charge is -2.51. The number of piperidine rings is 1. The van der Waals surface area contributed by atoms with Crippen molar-refractivity contribution in [3.05, 3.63) is 0 Å². The summed E-state index contributed by atoms with van der Waals surface area (Å²) in [6.45, 7) is 16.3. The zero-order valence-corrected chi connectivity index (χ0v) is 14.5. The third-order valence-corrected chi connectivity index (χ3v) is 5.91. The van der Waals surface area contributed by atoms with Crippen LogP contribution in [0.4, 0.5) is 0 Å². The van der Waals surface area contributed by atoms with Gasteiger partial charge >= 0.3 is 0 Å². The van der Waals surface area contributed by atoms with Crippen molar-refractivity contribution in [1.29, 1.82) is 0 Å². The number of nitrogens with two attached hydrogens (primary N) is 1. The van der Waals surface area contributed by atoms with Crippen molar-refractivity contribution in [2.24, 2.45) is 5.73 Å². The van der Waals surface area contributed by atoms with Crippen LogP contribution in [0.1, 0.15) is 46.5 Å². The van der Waals surface area contributed by atoms with Gasteiger partial charge < -0.3 is 10.6 Å². The second kappa shape index (κ2) is 7.91. The summed E-state index contributed by atoms with van der Waals surface area (Å²) < 4.78 is 0. The Kier molecular flexibility index (Phi) is 6.48. The fourth-order valence-electron chi connectivity index (χ4n) is 4.05. The van der Waals surface area contributed by atoms with Crippen molar-refractivity contribution in [1.82, 2.24) is 14.7 Å². The van der Waals surface area contributed by atoms with Crippen LogP contribution in [0, 0.1) is 0 Å². The summed E-state index contributed by atoms with van der Waals surface area (Å²) in [5.74, 6) is 0. The second-order valence-electron chi connectivity index (χ2n) is 7.05. The molecule has 4 heteroatoms. The van der Waals surface area contributed by atoms with Crippen molar-refractivity contribution < 1.29 is 0 Å². The van der Waals surface area contributed by atoms with Crippen molar-refractivity contribution >= 4 is 0 Å². The van der Waals surface area contributed by atoms with Crippen molar-refractivity contribution in [3.63, 3.8) is 0 Å². The first kappa shape index (κ1) is 17.2. The molecule has 1 unspecified atom stereocenters. The molecule has 0 saturated carbocycles. The molecular formula is C17H36N4. The number of nitrogens with zero attached hydrogens (tertiary/aromatic N) is 3. The summed E-state index contributed by atoms with van der Waals surface area (Å²) in [6, 6.07) is 0.729. The quantitative estimate of drug-likeness (QED) is 0.808. The second-order valence-corrected chi connectivity index (χ2v) is 7.05. The third kappa shape index (κ3) is 3.98. The molecule has 0 aromatic heterocycles. The lowest BCUT2D eigenvalue weighted by Crippen LogP contribution is -2.64. The lowest BCUT2D eigenvalue weighted by molar-refractivity contribution is -0.0132. The third-order valence-electron chi connectivity index (χ3n) is 5.91. The van der Waals surface area contributed by atoms with Crippen LogP contribution in [0.5, 0.6) is 0 Å². The normalized spacial score (nSPS) is 26.9. The Morgan fingerprint density at radius 2 is 1.62 bits per heavy atom. The van der Waals surface area contributed by atoms with E-state index in [0.717, 1.165) is 12.6 Å². The molecule has 4 nitrogen and oxygen atoms in total. The van der Waals surface area contributed by atoms with Gasteiger partial charge in [0.15, 0.2) is 0 Å². The molecule has 124 valence electrons. The monoisotopic (exact) mass is 296 g/mol. The van der Waals surface area contributed by atoms with Gasteiger partial charge in [0.25, 0.3) is 0 Å². The van der Waals surface area contributed by atoms with Crippen LogP contribution in [-0.4, -0.2) is 78.6 Å². The Bertz CT molecular complexity index is 291. The Morgan fingerprint density at radius 1 is 1.00 bits per heavy atom. The van der Waals surface area contributed by atoms with Crippen LogP contribution in [0.25, 0.3) is 0 Å². The fraction of sp³-hybridized carbons (Fsp3) is 1.00. The fourth-order valence-corrected chi connectivity index (χ4v) is 4.05. The standard InChI is InChI=1S/C17H36N4/c1-4-8-19-9-6-17(15-18,7-10-19)21-13-11-20(12-14-21)16(3)5-2/h16H,4-15,18H2,1-3H3. The van der Waals surface area contributed by atoms with E-state index in [1.165, 1.54) is 71.5 Å². The van der Waals surface area contributed by atoms with Crippen LogP contribution in [-0.2, 0) is 0 Å². The molecule has 2 N–H and O–H groups in total. The first-order valence-electron chi connectivity index (χ1n) is 9.06. The minimum absolute atomic E-state index is 0.284. The Labute approximate surface area is 131 Å². The van der Waals surface area contributed by atoms with Gasteiger partial charge in [0.1, 0.15) is 0 Å². The molecule has 21 heavy (non-hydrogen) atoms. The van der Waals surface area contributed by atoms with Crippen LogP contribution in [0.15, 0.2) is 0 Å². The predicted molar refractivity (Wildman–Crippen MR) is 90.6 cm³/mol. The maximum Gasteiger partial charge on any atom is 0.0357 e. The van der Waals surface area contributed by atoms with E-state index in [9.17, 15) is 0 Å². The lowest BCUT2D eigenvalue weighted by atomic mass is 9.85. The highest BCUT2D eigenvalue weighted by Gasteiger charge is 2.39. The Hall–Kier alpha value is -0.160. The molecule has 0 amide bonds. The largest absolute Gasteiger partial charge is 0.329 e. The highest BCUT2D eigenvalue weighted by Crippen LogP contribution is 2.29. The van der Waals surface area contributed by atoms with Crippen molar-refractivity contribution in [2.45, 2.75) is 58.0 Å². The number of hydrogen-bond donors (Lipinski definition) is 1. The van der Waals surface area contributed by atoms with Gasteiger partial charge in [-0.3, -0.25) is 9.80 Å². The summed E-state index contributed by atoms with van der Waals surface area (Å²) in [4.78, 5) is 7.98. The molecule has 0 bridgehead atoms. The van der Waals surface area contributed by atoms with E-state index in [4.69, 9.17) is 5.73 Å². The summed E-state index contributed by atoms with van der Waals surface area (Å²) in [6.07, 6.45) is 5.04. The summed E-state index contributed by atoms with van der Waals surface area (Å²) in [5.41, 5.74) is 6.52. The first-order chi connectivity index (χ1) is 10.1. The van der Waals surface area contributed by atoms with Gasteiger partial charge in [-0.25, -0.2) is 0 Å². The maximum absolute atomic E-state index is 6.24. The molecule has 2 heterocycles. The van der Waals surface area contributed by atoms with Gasteiger partial charge in [0.05, 0.1) is 0 Å². The first-order valence-corrected chi connectivity index (χ1v) is 9.06. The zero-order valence-electron chi connectivity index (χ0n) is 14.5. The molecule has 0 radical (unpaired) electrons. The van der Waals surface area contributed by atoms with E-state index in [2.05, 4.69) is 35.5 Å². The van der Waals surface area contributed by atoms with E-state index < -0.39 is 0 Å². The number of rotatable bonds is 6. The molecule has 2 saturated heterocycles. The van der Waals surface area contributed by atoms with E-state index in [1.54, 1.807) is 0 Å². The molecule has 0 aliphatic carbocycles. The Balaban J connectivity index is 1.88. The smallest absolute Gasteiger partial charge is 0.0357 e. The van der Waals surface area contributed by atoms with Crippen LogP contribution < -0.4 is 5.73 Å². The van der Waals surface area contributed by atoms with Crippen LogP contribution in [0.3, 0.4) is 0 Å². The van der Waals surface area contributed by atoms with Crippen LogP contribution in [0.2, 0.25) is 0 Å². The minimum atomic E-state index is 0.284. The molecule has 1 atom stereocenters. The zero-order chi connectivity index (χ0) is 15.3. The van der Waals surface area contributed by atoms with Crippen molar-refractivity contribution in [2.75, 3.05) is 52.4 Å². The van der Waals surface area contributed by atoms with Crippen molar-refractivity contribution in [3.8, 4) is 0 Å².